The van der Waals surface area contributed by atoms with Crippen molar-refractivity contribution < 1.29 is 18.0 Å². The van der Waals surface area contributed by atoms with Gasteiger partial charge in [0, 0.05) is 5.56 Å². The minimum atomic E-state index is -4.44. The van der Waals surface area contributed by atoms with Crippen molar-refractivity contribution in [3.8, 4) is 0 Å². The summed E-state index contributed by atoms with van der Waals surface area (Å²) in [6.07, 6.45) is -4.44. The van der Waals surface area contributed by atoms with Crippen LogP contribution in [0.1, 0.15) is 34.5 Å². The van der Waals surface area contributed by atoms with Gasteiger partial charge >= 0.3 is 11.9 Å². The number of hydrogen-bond donors (Lipinski definition) is 3. The number of carbonyl (C=O) groups is 1. The molecule has 0 aliphatic heterocycles. The van der Waals surface area contributed by atoms with Crippen LogP contribution in [0.15, 0.2) is 47.3 Å². The van der Waals surface area contributed by atoms with E-state index in [2.05, 4.69) is 15.3 Å². The van der Waals surface area contributed by atoms with E-state index in [1.54, 1.807) is 25.1 Å². The number of fused-ring (bicyclic) bond motifs is 1. The topological polar surface area (TPSA) is 77.8 Å². The van der Waals surface area contributed by atoms with E-state index in [0.29, 0.717) is 11.0 Å². The predicted octanol–water partition coefficient (Wildman–Crippen LogP) is 3.37. The lowest BCUT2D eigenvalue weighted by molar-refractivity contribution is -0.137. The zero-order valence-corrected chi connectivity index (χ0v) is 13.1. The van der Waals surface area contributed by atoms with Crippen LogP contribution in [-0.4, -0.2) is 15.9 Å². The van der Waals surface area contributed by atoms with Crippen LogP contribution in [0.2, 0.25) is 0 Å². The number of imidazole rings is 1. The zero-order chi connectivity index (χ0) is 18.2. The molecule has 5 nitrogen and oxygen atoms in total. The molecule has 0 aliphatic carbocycles. The van der Waals surface area contributed by atoms with Crippen LogP contribution >= 0.6 is 0 Å². The fourth-order valence-corrected chi connectivity index (χ4v) is 2.49. The molecule has 1 heterocycles. The molecule has 0 saturated heterocycles. The van der Waals surface area contributed by atoms with Crippen LogP contribution in [0.5, 0.6) is 0 Å². The number of nitrogens with one attached hydrogen (secondary N) is 3. The monoisotopic (exact) mass is 349 g/mol. The number of amides is 1. The van der Waals surface area contributed by atoms with Crippen molar-refractivity contribution in [1.29, 1.82) is 0 Å². The maximum absolute atomic E-state index is 12.6. The van der Waals surface area contributed by atoms with E-state index >= 15 is 0 Å². The summed E-state index contributed by atoms with van der Waals surface area (Å²) in [6.45, 7) is 1.74. The lowest BCUT2D eigenvalue weighted by atomic mass is 10.1. The molecule has 0 unspecified atom stereocenters. The smallest absolute Gasteiger partial charge is 0.346 e. The van der Waals surface area contributed by atoms with Gasteiger partial charge in [0.1, 0.15) is 0 Å². The molecule has 3 N–H and O–H groups in total. The highest BCUT2D eigenvalue weighted by atomic mass is 19.4. The van der Waals surface area contributed by atoms with E-state index in [1.807, 2.05) is 0 Å². The average Bonchev–Trinajstić information content (AvgIpc) is 2.93. The Labute approximate surface area is 139 Å². The van der Waals surface area contributed by atoms with Crippen LogP contribution in [0.4, 0.5) is 13.2 Å². The van der Waals surface area contributed by atoms with E-state index in [9.17, 15) is 22.8 Å². The number of rotatable bonds is 3. The molecule has 3 rings (SSSR count). The number of benzene rings is 2. The van der Waals surface area contributed by atoms with Crippen molar-refractivity contribution >= 4 is 16.9 Å². The third-order valence-electron chi connectivity index (χ3n) is 3.86. The van der Waals surface area contributed by atoms with Gasteiger partial charge in [0.05, 0.1) is 22.6 Å². The molecular formula is C17H14F3N3O2. The van der Waals surface area contributed by atoms with E-state index in [-0.39, 0.29) is 11.3 Å². The maximum Gasteiger partial charge on any atom is 0.416 e. The SMILES string of the molecule is C[C@H](NC(=O)c1ccc(C(F)(F)F)cc1)c1ccc2[nH]c(=O)[nH]c2c1. The highest BCUT2D eigenvalue weighted by Crippen LogP contribution is 2.29. The fourth-order valence-electron chi connectivity index (χ4n) is 2.49. The van der Waals surface area contributed by atoms with Gasteiger partial charge in [-0.25, -0.2) is 4.79 Å². The second-order valence-electron chi connectivity index (χ2n) is 5.65. The molecule has 1 aromatic heterocycles. The van der Waals surface area contributed by atoms with E-state index in [1.165, 1.54) is 0 Å². The van der Waals surface area contributed by atoms with Crippen LogP contribution < -0.4 is 11.0 Å². The van der Waals surface area contributed by atoms with Crippen LogP contribution in [0.25, 0.3) is 11.0 Å². The number of carbonyl (C=O) groups excluding carboxylic acids is 1. The number of halogens is 3. The van der Waals surface area contributed by atoms with Gasteiger partial charge in [0.25, 0.3) is 5.91 Å². The second kappa shape index (κ2) is 6.12. The molecular weight excluding hydrogens is 335 g/mol. The number of hydrogen-bond acceptors (Lipinski definition) is 2. The normalized spacial score (nSPS) is 13.0. The molecule has 0 saturated carbocycles. The van der Waals surface area contributed by atoms with Gasteiger partial charge in [-0.05, 0) is 48.9 Å². The molecule has 1 atom stereocenters. The van der Waals surface area contributed by atoms with Gasteiger partial charge in [-0.1, -0.05) is 6.07 Å². The van der Waals surface area contributed by atoms with Crippen LogP contribution in [0.3, 0.4) is 0 Å². The van der Waals surface area contributed by atoms with Gasteiger partial charge in [0.2, 0.25) is 0 Å². The van der Waals surface area contributed by atoms with Crippen molar-refractivity contribution in [1.82, 2.24) is 15.3 Å². The lowest BCUT2D eigenvalue weighted by Gasteiger charge is -2.15. The van der Waals surface area contributed by atoms with E-state index in [0.717, 1.165) is 29.8 Å². The number of aromatic amines is 2. The summed E-state index contributed by atoms with van der Waals surface area (Å²) in [5, 5.41) is 2.72. The highest BCUT2D eigenvalue weighted by Gasteiger charge is 2.30. The highest BCUT2D eigenvalue weighted by molar-refractivity contribution is 5.94. The summed E-state index contributed by atoms with van der Waals surface area (Å²) in [7, 11) is 0. The Balaban J connectivity index is 1.75. The zero-order valence-electron chi connectivity index (χ0n) is 13.1. The van der Waals surface area contributed by atoms with Crippen molar-refractivity contribution in [3.63, 3.8) is 0 Å². The fraction of sp³-hybridized carbons (Fsp3) is 0.176. The Hall–Kier alpha value is -3.03. The Bertz CT molecular complexity index is 971. The molecule has 0 radical (unpaired) electrons. The predicted molar refractivity (Wildman–Crippen MR) is 86.2 cm³/mol. The number of alkyl halides is 3. The maximum atomic E-state index is 12.6. The molecule has 0 spiro atoms. The average molecular weight is 349 g/mol. The first-order chi connectivity index (χ1) is 11.7. The van der Waals surface area contributed by atoms with Gasteiger partial charge in [-0.2, -0.15) is 13.2 Å². The van der Waals surface area contributed by atoms with Gasteiger partial charge < -0.3 is 15.3 Å². The molecule has 2 aromatic carbocycles. The Morgan fingerprint density at radius 2 is 1.68 bits per heavy atom. The third-order valence-corrected chi connectivity index (χ3v) is 3.86. The van der Waals surface area contributed by atoms with Crippen LogP contribution in [-0.2, 0) is 6.18 Å². The number of aromatic nitrogens is 2. The Kier molecular flexibility index (Phi) is 4.12. The van der Waals surface area contributed by atoms with Crippen molar-refractivity contribution in [3.05, 3.63) is 69.6 Å². The molecule has 0 fully saturated rings. The van der Waals surface area contributed by atoms with Crippen molar-refractivity contribution in [2.24, 2.45) is 0 Å². The summed E-state index contributed by atoms with van der Waals surface area (Å²) in [5.74, 6) is -0.483. The van der Waals surface area contributed by atoms with E-state index in [4.69, 9.17) is 0 Å². The molecule has 8 heteroatoms. The lowest BCUT2D eigenvalue weighted by Crippen LogP contribution is -2.26. The van der Waals surface area contributed by atoms with E-state index < -0.39 is 23.7 Å². The van der Waals surface area contributed by atoms with Gasteiger partial charge in [-0.15, -0.1) is 0 Å². The molecule has 0 aliphatic rings. The Morgan fingerprint density at radius 1 is 1.04 bits per heavy atom. The molecule has 0 bridgehead atoms. The minimum absolute atomic E-state index is 0.135. The quantitative estimate of drug-likeness (QED) is 0.678. The first-order valence-corrected chi connectivity index (χ1v) is 7.44. The molecule has 3 aromatic rings. The third kappa shape index (κ3) is 3.57. The summed E-state index contributed by atoms with van der Waals surface area (Å²) >= 11 is 0. The molecule has 25 heavy (non-hydrogen) atoms. The molecule has 1 amide bonds. The molecule has 130 valence electrons. The van der Waals surface area contributed by atoms with Gasteiger partial charge in [0.15, 0.2) is 0 Å². The van der Waals surface area contributed by atoms with Crippen LogP contribution in [0, 0.1) is 0 Å². The minimum Gasteiger partial charge on any atom is -0.346 e. The standard InChI is InChI=1S/C17H14F3N3O2/c1-9(11-4-7-13-14(8-11)23-16(25)22-13)21-15(24)10-2-5-12(6-3-10)17(18,19)20/h2-9H,1H3,(H,21,24)(H2,22,23,25)/t9-/m0/s1. The first kappa shape index (κ1) is 16.8. The second-order valence-corrected chi connectivity index (χ2v) is 5.65. The van der Waals surface area contributed by atoms with Crippen molar-refractivity contribution in [2.75, 3.05) is 0 Å². The summed E-state index contributed by atoms with van der Waals surface area (Å²) < 4.78 is 37.7. The summed E-state index contributed by atoms with van der Waals surface area (Å²) in [4.78, 5) is 28.7. The first-order valence-electron chi connectivity index (χ1n) is 7.44. The summed E-state index contributed by atoms with van der Waals surface area (Å²) in [5.41, 5.74) is 1.01. The Morgan fingerprint density at radius 3 is 2.32 bits per heavy atom. The largest absolute Gasteiger partial charge is 0.416 e. The number of H-pyrrole nitrogens is 2. The summed E-state index contributed by atoms with van der Waals surface area (Å²) in [6, 6.07) is 8.82. The van der Waals surface area contributed by atoms with Gasteiger partial charge in [-0.3, -0.25) is 4.79 Å². The van der Waals surface area contributed by atoms with Crippen molar-refractivity contribution in [2.45, 2.75) is 19.1 Å².